The highest BCUT2D eigenvalue weighted by Crippen LogP contribution is 2.24. The van der Waals surface area contributed by atoms with Gasteiger partial charge in [0.1, 0.15) is 5.75 Å². The zero-order chi connectivity index (χ0) is 18.7. The normalized spacial score (nSPS) is 11.9. The number of allylic oxidation sites excluding steroid dienone is 1. The van der Waals surface area contributed by atoms with Crippen molar-refractivity contribution >= 4 is 27.5 Å². The summed E-state index contributed by atoms with van der Waals surface area (Å²) in [5.74, 6) is 0.667. The molecule has 0 atom stereocenters. The zero-order valence-electron chi connectivity index (χ0n) is 15.2. The van der Waals surface area contributed by atoms with Gasteiger partial charge >= 0.3 is 0 Å². The molecule has 0 spiro atoms. The highest BCUT2D eigenvalue weighted by Gasteiger charge is 2.13. The number of carbonyl (C=O) groups is 1. The van der Waals surface area contributed by atoms with Crippen LogP contribution >= 0.6 is 11.3 Å². The van der Waals surface area contributed by atoms with Crippen molar-refractivity contribution in [3.05, 3.63) is 71.0 Å². The Labute approximate surface area is 157 Å². The van der Waals surface area contributed by atoms with Crippen molar-refractivity contribution in [3.63, 3.8) is 0 Å². The minimum atomic E-state index is -0.309. The molecule has 134 valence electrons. The van der Waals surface area contributed by atoms with Gasteiger partial charge in [-0.3, -0.25) is 4.79 Å². The number of hydrogen-bond acceptors (Lipinski definition) is 3. The van der Waals surface area contributed by atoms with E-state index in [0.29, 0.717) is 28.6 Å². The summed E-state index contributed by atoms with van der Waals surface area (Å²) in [6.07, 6.45) is 1.81. The SMILES string of the molecule is C=CCn1c(=NC(=O)c2ccccc2OC)sc2cc(C(C)C)ccc21. The lowest BCUT2D eigenvalue weighted by molar-refractivity contribution is 0.0995. The molecule has 0 aliphatic carbocycles. The lowest BCUT2D eigenvalue weighted by Gasteiger charge is -2.06. The van der Waals surface area contributed by atoms with Gasteiger partial charge in [-0.25, -0.2) is 0 Å². The molecule has 3 rings (SSSR count). The third-order valence-electron chi connectivity index (χ3n) is 4.22. The average molecular weight is 366 g/mol. The first-order valence-corrected chi connectivity index (χ1v) is 9.33. The van der Waals surface area contributed by atoms with E-state index in [1.165, 1.54) is 16.9 Å². The van der Waals surface area contributed by atoms with Gasteiger partial charge in [-0.2, -0.15) is 4.99 Å². The molecule has 2 aromatic carbocycles. The second-order valence-electron chi connectivity index (χ2n) is 6.28. The number of para-hydroxylation sites is 1. The van der Waals surface area contributed by atoms with Gasteiger partial charge in [-0.1, -0.05) is 49.5 Å². The maximum atomic E-state index is 12.7. The number of rotatable bonds is 5. The third-order valence-corrected chi connectivity index (χ3v) is 5.26. The van der Waals surface area contributed by atoms with Crippen molar-refractivity contribution < 1.29 is 9.53 Å². The second-order valence-corrected chi connectivity index (χ2v) is 7.29. The third kappa shape index (κ3) is 3.48. The fourth-order valence-electron chi connectivity index (χ4n) is 2.81. The van der Waals surface area contributed by atoms with Gasteiger partial charge in [0.05, 0.1) is 22.9 Å². The highest BCUT2D eigenvalue weighted by atomic mass is 32.1. The fraction of sp³-hybridized carbons (Fsp3) is 0.238. The number of carbonyl (C=O) groups excluding carboxylic acids is 1. The molecule has 0 radical (unpaired) electrons. The van der Waals surface area contributed by atoms with Crippen molar-refractivity contribution in [2.75, 3.05) is 7.11 Å². The molecule has 0 aliphatic heterocycles. The summed E-state index contributed by atoms with van der Waals surface area (Å²) in [5.41, 5.74) is 2.79. The summed E-state index contributed by atoms with van der Waals surface area (Å²) in [4.78, 5) is 17.8. The number of hydrogen-bond donors (Lipinski definition) is 0. The summed E-state index contributed by atoms with van der Waals surface area (Å²) in [6, 6.07) is 13.5. The topological polar surface area (TPSA) is 43.6 Å². The minimum absolute atomic E-state index is 0.309. The van der Waals surface area contributed by atoms with E-state index in [-0.39, 0.29) is 5.91 Å². The Morgan fingerprint density at radius 3 is 2.77 bits per heavy atom. The maximum absolute atomic E-state index is 12.7. The van der Waals surface area contributed by atoms with E-state index in [9.17, 15) is 4.79 Å². The number of ether oxygens (including phenoxy) is 1. The van der Waals surface area contributed by atoms with E-state index in [0.717, 1.165) is 10.2 Å². The lowest BCUT2D eigenvalue weighted by atomic mass is 10.0. The smallest absolute Gasteiger partial charge is 0.283 e. The Hall–Kier alpha value is -2.66. The number of thiazole rings is 1. The number of aromatic nitrogens is 1. The van der Waals surface area contributed by atoms with Crippen LogP contribution < -0.4 is 9.54 Å². The number of methoxy groups -OCH3 is 1. The van der Waals surface area contributed by atoms with E-state index in [4.69, 9.17) is 4.74 Å². The standard InChI is InChI=1S/C21H22N2O2S/c1-5-12-23-17-11-10-15(14(2)3)13-19(17)26-21(23)22-20(24)16-8-6-7-9-18(16)25-4/h5-11,13-14H,1,12H2,2-4H3. The van der Waals surface area contributed by atoms with Crippen molar-refractivity contribution in [1.29, 1.82) is 0 Å². The van der Waals surface area contributed by atoms with Crippen LogP contribution in [0.1, 0.15) is 35.7 Å². The van der Waals surface area contributed by atoms with E-state index in [1.807, 2.05) is 22.8 Å². The van der Waals surface area contributed by atoms with Crippen molar-refractivity contribution in [2.24, 2.45) is 4.99 Å². The van der Waals surface area contributed by atoms with Crippen molar-refractivity contribution in [1.82, 2.24) is 4.57 Å². The number of amides is 1. The lowest BCUT2D eigenvalue weighted by Crippen LogP contribution is -2.16. The first kappa shape index (κ1) is 18.1. The van der Waals surface area contributed by atoms with Gasteiger partial charge < -0.3 is 9.30 Å². The number of benzene rings is 2. The molecule has 1 heterocycles. The van der Waals surface area contributed by atoms with Gasteiger partial charge in [0.25, 0.3) is 5.91 Å². The molecule has 0 unspecified atom stereocenters. The Morgan fingerprint density at radius 1 is 1.31 bits per heavy atom. The average Bonchev–Trinajstić information content (AvgIpc) is 2.98. The van der Waals surface area contributed by atoms with Crippen LogP contribution in [0, 0.1) is 0 Å². The molecular formula is C21H22N2O2S. The first-order chi connectivity index (χ1) is 12.5. The molecule has 4 nitrogen and oxygen atoms in total. The van der Waals surface area contributed by atoms with E-state index in [2.05, 4.69) is 43.6 Å². The number of nitrogens with zero attached hydrogens (tertiary/aromatic N) is 2. The Bertz CT molecular complexity index is 1030. The van der Waals surface area contributed by atoms with Gasteiger partial charge in [0, 0.05) is 6.54 Å². The van der Waals surface area contributed by atoms with Gasteiger partial charge in [0.2, 0.25) is 0 Å². The Balaban J connectivity index is 2.16. The molecule has 1 aromatic heterocycles. The highest BCUT2D eigenvalue weighted by molar-refractivity contribution is 7.16. The molecule has 0 fully saturated rings. The van der Waals surface area contributed by atoms with E-state index in [1.54, 1.807) is 19.2 Å². The molecule has 3 aromatic rings. The van der Waals surface area contributed by atoms with E-state index < -0.39 is 0 Å². The molecule has 26 heavy (non-hydrogen) atoms. The molecule has 0 aliphatic rings. The molecule has 5 heteroatoms. The van der Waals surface area contributed by atoms with Crippen LogP contribution in [-0.2, 0) is 6.54 Å². The fourth-order valence-corrected chi connectivity index (χ4v) is 3.89. The quantitative estimate of drug-likeness (QED) is 0.611. The largest absolute Gasteiger partial charge is 0.496 e. The van der Waals surface area contributed by atoms with Gasteiger partial charge in [-0.15, -0.1) is 6.58 Å². The maximum Gasteiger partial charge on any atom is 0.283 e. The summed E-state index contributed by atoms with van der Waals surface area (Å²) in [7, 11) is 1.55. The molecular weight excluding hydrogens is 344 g/mol. The molecule has 0 saturated carbocycles. The summed E-state index contributed by atoms with van der Waals surface area (Å²) in [5, 5.41) is 0. The molecule has 0 saturated heterocycles. The zero-order valence-corrected chi connectivity index (χ0v) is 16.0. The summed E-state index contributed by atoms with van der Waals surface area (Å²) < 4.78 is 8.42. The minimum Gasteiger partial charge on any atom is -0.496 e. The Morgan fingerprint density at radius 2 is 2.08 bits per heavy atom. The number of fused-ring (bicyclic) bond motifs is 1. The second kappa shape index (κ2) is 7.70. The monoisotopic (exact) mass is 366 g/mol. The molecule has 0 N–H and O–H groups in total. The van der Waals surface area contributed by atoms with Crippen molar-refractivity contribution in [2.45, 2.75) is 26.3 Å². The van der Waals surface area contributed by atoms with Gasteiger partial charge in [-0.05, 0) is 35.7 Å². The van der Waals surface area contributed by atoms with Crippen LogP contribution in [0.15, 0.2) is 60.1 Å². The molecule has 1 amide bonds. The summed E-state index contributed by atoms with van der Waals surface area (Å²) >= 11 is 1.52. The Kier molecular flexibility index (Phi) is 5.38. The van der Waals surface area contributed by atoms with Crippen LogP contribution in [0.5, 0.6) is 5.75 Å². The van der Waals surface area contributed by atoms with E-state index >= 15 is 0 Å². The van der Waals surface area contributed by atoms with Gasteiger partial charge in [0.15, 0.2) is 4.80 Å². The summed E-state index contributed by atoms with van der Waals surface area (Å²) in [6.45, 7) is 8.77. The van der Waals surface area contributed by atoms with Crippen LogP contribution in [-0.4, -0.2) is 17.6 Å². The predicted octanol–water partition coefficient (Wildman–Crippen LogP) is 4.76. The van der Waals surface area contributed by atoms with Crippen molar-refractivity contribution in [3.8, 4) is 5.75 Å². The predicted molar refractivity (Wildman–Crippen MR) is 107 cm³/mol. The van der Waals surface area contributed by atoms with Crippen LogP contribution in [0.2, 0.25) is 0 Å². The molecule has 0 bridgehead atoms. The first-order valence-electron chi connectivity index (χ1n) is 8.51. The van der Waals surface area contributed by atoms with Crippen LogP contribution in [0.4, 0.5) is 0 Å². The van der Waals surface area contributed by atoms with Crippen LogP contribution in [0.25, 0.3) is 10.2 Å². The van der Waals surface area contributed by atoms with Crippen LogP contribution in [0.3, 0.4) is 0 Å².